The van der Waals surface area contributed by atoms with Crippen molar-refractivity contribution in [1.29, 1.82) is 0 Å². The van der Waals surface area contributed by atoms with Crippen molar-refractivity contribution < 1.29 is 4.74 Å². The lowest BCUT2D eigenvalue weighted by molar-refractivity contribution is 0.126. The molecule has 0 aliphatic carbocycles. The Bertz CT molecular complexity index is 284. The highest BCUT2D eigenvalue weighted by Gasteiger charge is 1.91. The van der Waals surface area contributed by atoms with Crippen molar-refractivity contribution in [2.45, 2.75) is 13.0 Å². The summed E-state index contributed by atoms with van der Waals surface area (Å²) in [6.07, 6.45) is 5.74. The molecule has 0 atom stereocenters. The normalized spacial score (nSPS) is 9.46. The number of terminal acetylenes is 1. The highest BCUT2D eigenvalue weighted by molar-refractivity contribution is 5.39. The van der Waals surface area contributed by atoms with Crippen molar-refractivity contribution in [1.82, 2.24) is 0 Å². The minimum Gasteiger partial charge on any atom is -0.399 e. The minimum absolute atomic E-state index is 0.599. The minimum atomic E-state index is 0.599. The van der Waals surface area contributed by atoms with Gasteiger partial charge in [-0.2, -0.15) is 0 Å². The maximum Gasteiger partial charge on any atom is 0.0717 e. The molecule has 0 bridgehead atoms. The summed E-state index contributed by atoms with van der Waals surface area (Å²) in [4.78, 5) is 0. The molecule has 0 radical (unpaired) electrons. The van der Waals surface area contributed by atoms with Gasteiger partial charge in [-0.05, 0) is 17.7 Å². The van der Waals surface area contributed by atoms with Crippen molar-refractivity contribution in [3.8, 4) is 12.3 Å². The average Bonchev–Trinajstić information content (AvgIpc) is 2.15. The molecule has 13 heavy (non-hydrogen) atoms. The van der Waals surface area contributed by atoms with E-state index >= 15 is 0 Å². The van der Waals surface area contributed by atoms with Gasteiger partial charge in [-0.25, -0.2) is 0 Å². The van der Waals surface area contributed by atoms with E-state index in [9.17, 15) is 0 Å². The van der Waals surface area contributed by atoms with E-state index < -0.39 is 0 Å². The largest absolute Gasteiger partial charge is 0.399 e. The molecule has 0 heterocycles. The SMILES string of the molecule is C#CCCOCc1ccc(N)cc1. The lowest BCUT2D eigenvalue weighted by Gasteiger charge is -2.02. The number of benzene rings is 1. The standard InChI is InChI=1S/C11H13NO/c1-2-3-8-13-9-10-4-6-11(12)7-5-10/h1,4-7H,3,8-9,12H2. The summed E-state index contributed by atoms with van der Waals surface area (Å²) in [5, 5.41) is 0. The zero-order chi connectivity index (χ0) is 9.52. The Morgan fingerprint density at radius 2 is 2.00 bits per heavy atom. The number of ether oxygens (including phenoxy) is 1. The first-order valence-electron chi connectivity index (χ1n) is 4.18. The number of hydrogen-bond donors (Lipinski definition) is 1. The third kappa shape index (κ3) is 3.64. The van der Waals surface area contributed by atoms with E-state index in [4.69, 9.17) is 16.9 Å². The maximum absolute atomic E-state index is 5.54. The molecule has 0 amide bonds. The molecule has 1 aromatic rings. The Labute approximate surface area is 78.7 Å². The monoisotopic (exact) mass is 175 g/mol. The van der Waals surface area contributed by atoms with Crippen molar-refractivity contribution in [2.75, 3.05) is 12.3 Å². The molecule has 0 spiro atoms. The van der Waals surface area contributed by atoms with Gasteiger partial charge in [0.05, 0.1) is 13.2 Å². The Hall–Kier alpha value is -1.46. The van der Waals surface area contributed by atoms with Crippen molar-refractivity contribution in [2.24, 2.45) is 0 Å². The van der Waals surface area contributed by atoms with Crippen LogP contribution in [0.1, 0.15) is 12.0 Å². The molecule has 68 valence electrons. The summed E-state index contributed by atoms with van der Waals surface area (Å²) in [5.41, 5.74) is 7.42. The molecule has 0 saturated carbocycles. The molecule has 2 nitrogen and oxygen atoms in total. The van der Waals surface area contributed by atoms with Crippen molar-refractivity contribution in [3.05, 3.63) is 29.8 Å². The molecule has 2 heteroatoms. The molecule has 0 unspecified atom stereocenters. The molecule has 0 aliphatic heterocycles. The Morgan fingerprint density at radius 1 is 1.31 bits per heavy atom. The highest BCUT2D eigenvalue weighted by atomic mass is 16.5. The first-order valence-corrected chi connectivity index (χ1v) is 4.18. The van der Waals surface area contributed by atoms with Crippen LogP contribution in [0.15, 0.2) is 24.3 Å². The van der Waals surface area contributed by atoms with Gasteiger partial charge in [-0.15, -0.1) is 12.3 Å². The summed E-state index contributed by atoms with van der Waals surface area (Å²) in [5.74, 6) is 2.52. The van der Waals surface area contributed by atoms with Gasteiger partial charge in [0.1, 0.15) is 0 Å². The van der Waals surface area contributed by atoms with Gasteiger partial charge in [-0.1, -0.05) is 12.1 Å². The quantitative estimate of drug-likeness (QED) is 0.430. The first-order chi connectivity index (χ1) is 6.33. The van der Waals surface area contributed by atoms with Gasteiger partial charge >= 0.3 is 0 Å². The van der Waals surface area contributed by atoms with E-state index in [0.717, 1.165) is 11.3 Å². The van der Waals surface area contributed by atoms with Crippen LogP contribution < -0.4 is 5.73 Å². The van der Waals surface area contributed by atoms with Gasteiger partial charge in [0.25, 0.3) is 0 Å². The fourth-order valence-electron chi connectivity index (χ4n) is 0.935. The van der Waals surface area contributed by atoms with E-state index in [2.05, 4.69) is 5.92 Å². The molecule has 2 N–H and O–H groups in total. The Balaban J connectivity index is 2.30. The average molecular weight is 175 g/mol. The topological polar surface area (TPSA) is 35.2 Å². The first kappa shape index (κ1) is 9.63. The molecule has 0 aromatic heterocycles. The maximum atomic E-state index is 5.54. The van der Waals surface area contributed by atoms with Crippen LogP contribution in [0.5, 0.6) is 0 Å². The third-order valence-electron chi connectivity index (χ3n) is 1.64. The summed E-state index contributed by atoms with van der Waals surface area (Å²) in [7, 11) is 0. The lowest BCUT2D eigenvalue weighted by Crippen LogP contribution is -1.94. The number of anilines is 1. The second-order valence-electron chi connectivity index (χ2n) is 2.75. The van der Waals surface area contributed by atoms with Crippen LogP contribution in [-0.2, 0) is 11.3 Å². The van der Waals surface area contributed by atoms with Crippen molar-refractivity contribution in [3.63, 3.8) is 0 Å². The van der Waals surface area contributed by atoms with Crippen LogP contribution in [0.3, 0.4) is 0 Å². The van der Waals surface area contributed by atoms with E-state index in [1.807, 2.05) is 24.3 Å². The van der Waals surface area contributed by atoms with Gasteiger partial charge in [0.15, 0.2) is 0 Å². The van der Waals surface area contributed by atoms with E-state index in [-0.39, 0.29) is 0 Å². The number of hydrogen-bond acceptors (Lipinski definition) is 2. The smallest absolute Gasteiger partial charge is 0.0717 e. The van der Waals surface area contributed by atoms with Crippen LogP contribution in [-0.4, -0.2) is 6.61 Å². The summed E-state index contributed by atoms with van der Waals surface area (Å²) in [6, 6.07) is 7.62. The van der Waals surface area contributed by atoms with Crippen LogP contribution in [0.4, 0.5) is 5.69 Å². The molecule has 0 saturated heterocycles. The van der Waals surface area contributed by atoms with Crippen LogP contribution in [0.25, 0.3) is 0 Å². The predicted octanol–water partition coefficient (Wildman–Crippen LogP) is 1.81. The fraction of sp³-hybridized carbons (Fsp3) is 0.273. The summed E-state index contributed by atoms with van der Waals surface area (Å²) < 4.78 is 5.32. The predicted molar refractivity (Wildman–Crippen MR) is 54.0 cm³/mol. The molecular formula is C11H13NO. The summed E-state index contributed by atoms with van der Waals surface area (Å²) in [6.45, 7) is 1.21. The summed E-state index contributed by atoms with van der Waals surface area (Å²) >= 11 is 0. The zero-order valence-electron chi connectivity index (χ0n) is 7.49. The van der Waals surface area contributed by atoms with Crippen LogP contribution >= 0.6 is 0 Å². The van der Waals surface area contributed by atoms with E-state index in [0.29, 0.717) is 19.6 Å². The Morgan fingerprint density at radius 3 is 2.62 bits per heavy atom. The lowest BCUT2D eigenvalue weighted by atomic mass is 10.2. The Kier molecular flexibility index (Phi) is 3.87. The molecule has 1 rings (SSSR count). The number of rotatable bonds is 4. The molecule has 0 aliphatic rings. The van der Waals surface area contributed by atoms with Gasteiger partial charge in [0, 0.05) is 12.1 Å². The highest BCUT2D eigenvalue weighted by Crippen LogP contribution is 2.06. The second-order valence-corrected chi connectivity index (χ2v) is 2.75. The zero-order valence-corrected chi connectivity index (χ0v) is 7.49. The van der Waals surface area contributed by atoms with Gasteiger partial charge < -0.3 is 10.5 Å². The fourth-order valence-corrected chi connectivity index (χ4v) is 0.935. The van der Waals surface area contributed by atoms with Crippen LogP contribution in [0.2, 0.25) is 0 Å². The molecule has 1 aromatic carbocycles. The van der Waals surface area contributed by atoms with Gasteiger partial charge in [-0.3, -0.25) is 0 Å². The number of nitrogens with two attached hydrogens (primary N) is 1. The molecular weight excluding hydrogens is 162 g/mol. The molecule has 0 fully saturated rings. The van der Waals surface area contributed by atoms with Crippen LogP contribution in [0, 0.1) is 12.3 Å². The second kappa shape index (κ2) is 5.23. The van der Waals surface area contributed by atoms with E-state index in [1.54, 1.807) is 0 Å². The number of nitrogen functional groups attached to an aromatic ring is 1. The van der Waals surface area contributed by atoms with E-state index in [1.165, 1.54) is 0 Å². The third-order valence-corrected chi connectivity index (χ3v) is 1.64. The van der Waals surface area contributed by atoms with Crippen molar-refractivity contribution >= 4 is 5.69 Å². The van der Waals surface area contributed by atoms with Gasteiger partial charge in [0.2, 0.25) is 0 Å².